The average Bonchev–Trinajstić information content (AvgIpc) is 2.56. The van der Waals surface area contributed by atoms with Gasteiger partial charge < -0.3 is 14.6 Å². The van der Waals surface area contributed by atoms with Crippen LogP contribution in [0.3, 0.4) is 0 Å². The minimum absolute atomic E-state index is 0.0354. The molecule has 0 aliphatic rings. The van der Waals surface area contributed by atoms with E-state index in [-0.39, 0.29) is 6.61 Å². The Morgan fingerprint density at radius 1 is 1.05 bits per heavy atom. The van der Waals surface area contributed by atoms with Crippen LogP contribution >= 0.6 is 0 Å². The van der Waals surface area contributed by atoms with E-state index in [2.05, 4.69) is 12.1 Å². The van der Waals surface area contributed by atoms with Gasteiger partial charge in [-0.05, 0) is 28.8 Å². The van der Waals surface area contributed by atoms with Crippen LogP contribution in [0.25, 0.3) is 5.57 Å². The first-order chi connectivity index (χ1) is 10.3. The van der Waals surface area contributed by atoms with Crippen molar-refractivity contribution < 1.29 is 14.6 Å². The van der Waals surface area contributed by atoms with Crippen LogP contribution in [0.5, 0.6) is 5.75 Å². The van der Waals surface area contributed by atoms with Crippen LogP contribution in [0, 0.1) is 0 Å². The number of hydrogen-bond acceptors (Lipinski definition) is 3. The average molecular weight is 284 g/mol. The van der Waals surface area contributed by atoms with Gasteiger partial charge in [-0.2, -0.15) is 0 Å². The Kier molecular flexibility index (Phi) is 6.00. The lowest BCUT2D eigenvalue weighted by atomic mass is 9.97. The van der Waals surface area contributed by atoms with Crippen molar-refractivity contribution in [1.29, 1.82) is 0 Å². The van der Waals surface area contributed by atoms with Gasteiger partial charge in [-0.25, -0.2) is 0 Å². The van der Waals surface area contributed by atoms with Crippen molar-refractivity contribution in [3.63, 3.8) is 0 Å². The van der Waals surface area contributed by atoms with Crippen LogP contribution in [-0.2, 0) is 4.74 Å². The topological polar surface area (TPSA) is 38.7 Å². The highest BCUT2D eigenvalue weighted by Gasteiger charge is 2.05. The van der Waals surface area contributed by atoms with Gasteiger partial charge in [0, 0.05) is 0 Å². The number of aliphatic hydroxyl groups excluding tert-OH is 1. The highest BCUT2D eigenvalue weighted by molar-refractivity contribution is 5.80. The summed E-state index contributed by atoms with van der Waals surface area (Å²) in [6.07, 6.45) is 2.03. The number of hydrogen-bond donors (Lipinski definition) is 1. The molecule has 0 spiro atoms. The zero-order valence-corrected chi connectivity index (χ0v) is 12.2. The first-order valence-corrected chi connectivity index (χ1v) is 6.93. The molecule has 21 heavy (non-hydrogen) atoms. The molecule has 2 rings (SSSR count). The molecule has 0 saturated heterocycles. The summed E-state index contributed by atoms with van der Waals surface area (Å²) in [5, 5.41) is 8.77. The Labute approximate surface area is 125 Å². The molecule has 0 bridgehead atoms. The maximum Gasteiger partial charge on any atom is 0.119 e. The van der Waals surface area contributed by atoms with E-state index in [0.717, 1.165) is 22.4 Å². The fraction of sp³-hybridized carbons (Fsp3) is 0.222. The second-order valence-electron chi connectivity index (χ2n) is 4.51. The summed E-state index contributed by atoms with van der Waals surface area (Å²) in [4.78, 5) is 0. The third kappa shape index (κ3) is 4.45. The van der Waals surface area contributed by atoms with Crippen molar-refractivity contribution in [3.05, 3.63) is 71.8 Å². The van der Waals surface area contributed by atoms with E-state index in [4.69, 9.17) is 14.6 Å². The third-order valence-corrected chi connectivity index (χ3v) is 3.11. The van der Waals surface area contributed by atoms with Gasteiger partial charge in [0.1, 0.15) is 5.75 Å². The second-order valence-corrected chi connectivity index (χ2v) is 4.51. The summed E-state index contributed by atoms with van der Waals surface area (Å²) in [5.74, 6) is 0.825. The number of ether oxygens (including phenoxy) is 2. The van der Waals surface area contributed by atoms with E-state index < -0.39 is 0 Å². The second kappa shape index (κ2) is 8.25. The normalized spacial score (nSPS) is 11.4. The van der Waals surface area contributed by atoms with Gasteiger partial charge in [0.25, 0.3) is 0 Å². The molecule has 0 amide bonds. The van der Waals surface area contributed by atoms with E-state index in [9.17, 15) is 0 Å². The monoisotopic (exact) mass is 284 g/mol. The number of methoxy groups -OCH3 is 1. The molecule has 110 valence electrons. The quantitative estimate of drug-likeness (QED) is 0.794. The fourth-order valence-corrected chi connectivity index (χ4v) is 2.10. The Balaban J connectivity index is 2.31. The maximum atomic E-state index is 8.77. The van der Waals surface area contributed by atoms with Crippen molar-refractivity contribution >= 4 is 5.57 Å². The van der Waals surface area contributed by atoms with E-state index in [1.54, 1.807) is 7.11 Å². The minimum Gasteiger partial charge on any atom is -0.497 e. The Hall–Kier alpha value is -2.10. The zero-order valence-electron chi connectivity index (χ0n) is 12.2. The van der Waals surface area contributed by atoms with E-state index in [1.807, 2.05) is 48.5 Å². The predicted octanol–water partition coefficient (Wildman–Crippen LogP) is 3.14. The molecule has 0 heterocycles. The van der Waals surface area contributed by atoms with Crippen molar-refractivity contribution in [2.75, 3.05) is 26.9 Å². The first kappa shape index (κ1) is 15.3. The first-order valence-electron chi connectivity index (χ1n) is 6.93. The molecule has 0 radical (unpaired) electrons. The highest BCUT2D eigenvalue weighted by atomic mass is 16.5. The van der Waals surface area contributed by atoms with Gasteiger partial charge >= 0.3 is 0 Å². The molecule has 0 aromatic heterocycles. The lowest BCUT2D eigenvalue weighted by molar-refractivity contribution is 0.112. The van der Waals surface area contributed by atoms with Gasteiger partial charge in [-0.15, -0.1) is 0 Å². The smallest absolute Gasteiger partial charge is 0.119 e. The number of aliphatic hydroxyl groups is 1. The van der Waals surface area contributed by atoms with Gasteiger partial charge in [-0.1, -0.05) is 48.5 Å². The molecule has 2 aromatic rings. The van der Waals surface area contributed by atoms with E-state index >= 15 is 0 Å². The molecule has 0 atom stereocenters. The zero-order chi connectivity index (χ0) is 14.9. The summed E-state index contributed by atoms with van der Waals surface area (Å²) >= 11 is 0. The van der Waals surface area contributed by atoms with Crippen molar-refractivity contribution in [2.24, 2.45) is 0 Å². The van der Waals surface area contributed by atoms with Gasteiger partial charge in [0.2, 0.25) is 0 Å². The molecular weight excluding hydrogens is 264 g/mol. The van der Waals surface area contributed by atoms with Crippen molar-refractivity contribution in [1.82, 2.24) is 0 Å². The Morgan fingerprint density at radius 3 is 2.52 bits per heavy atom. The van der Waals surface area contributed by atoms with E-state index in [0.29, 0.717) is 13.2 Å². The summed E-state index contributed by atoms with van der Waals surface area (Å²) < 4.78 is 10.6. The van der Waals surface area contributed by atoms with Gasteiger partial charge in [-0.3, -0.25) is 0 Å². The van der Waals surface area contributed by atoms with Crippen LogP contribution in [0.4, 0.5) is 0 Å². The molecule has 0 aliphatic carbocycles. The number of rotatable bonds is 7. The Morgan fingerprint density at radius 2 is 1.81 bits per heavy atom. The molecular formula is C18H20O3. The summed E-state index contributed by atoms with van der Waals surface area (Å²) in [7, 11) is 1.66. The predicted molar refractivity (Wildman–Crippen MR) is 84.4 cm³/mol. The largest absolute Gasteiger partial charge is 0.497 e. The molecule has 0 unspecified atom stereocenters. The highest BCUT2D eigenvalue weighted by Crippen LogP contribution is 2.26. The van der Waals surface area contributed by atoms with Crippen LogP contribution in [0.1, 0.15) is 11.1 Å². The minimum atomic E-state index is 0.0354. The summed E-state index contributed by atoms with van der Waals surface area (Å²) in [6.45, 7) is 0.840. The third-order valence-electron chi connectivity index (χ3n) is 3.11. The lowest BCUT2D eigenvalue weighted by Gasteiger charge is -2.10. The molecule has 3 nitrogen and oxygen atoms in total. The van der Waals surface area contributed by atoms with Gasteiger partial charge in [0.05, 0.1) is 26.9 Å². The van der Waals surface area contributed by atoms with Crippen LogP contribution in [0.2, 0.25) is 0 Å². The summed E-state index contributed by atoms with van der Waals surface area (Å²) in [5.41, 5.74) is 3.29. The SMILES string of the molecule is COc1cccc(/C(=C\COCCO)c2ccccc2)c1. The van der Waals surface area contributed by atoms with Crippen LogP contribution in [-0.4, -0.2) is 32.0 Å². The van der Waals surface area contributed by atoms with Crippen molar-refractivity contribution in [2.45, 2.75) is 0 Å². The van der Waals surface area contributed by atoms with Crippen molar-refractivity contribution in [3.8, 4) is 5.75 Å². The lowest BCUT2D eigenvalue weighted by Crippen LogP contribution is -2.00. The standard InChI is InChI=1S/C18H20O3/c1-20-17-9-5-8-16(14-17)18(10-12-21-13-11-19)15-6-3-2-4-7-15/h2-10,14,19H,11-13H2,1H3/b18-10-. The maximum absolute atomic E-state index is 8.77. The van der Waals surface area contributed by atoms with Crippen LogP contribution in [0.15, 0.2) is 60.7 Å². The molecule has 0 fully saturated rings. The number of benzene rings is 2. The fourth-order valence-electron chi connectivity index (χ4n) is 2.10. The molecule has 1 N–H and O–H groups in total. The molecule has 0 aliphatic heterocycles. The summed E-state index contributed by atoms with van der Waals surface area (Å²) in [6, 6.07) is 18.1. The molecule has 0 saturated carbocycles. The van der Waals surface area contributed by atoms with Gasteiger partial charge in [0.15, 0.2) is 0 Å². The van der Waals surface area contributed by atoms with E-state index in [1.165, 1.54) is 0 Å². The van der Waals surface area contributed by atoms with Crippen LogP contribution < -0.4 is 4.74 Å². The molecule has 3 heteroatoms. The molecule has 2 aromatic carbocycles. The Bertz CT molecular complexity index is 576.